The number of aromatic nitrogens is 1. The number of aryl methyl sites for hydroxylation is 1. The molecule has 0 atom stereocenters. The molecule has 0 bridgehead atoms. The number of hydrogen-bond donors (Lipinski definition) is 3. The van der Waals surface area contributed by atoms with Gasteiger partial charge in [0, 0.05) is 11.1 Å². The summed E-state index contributed by atoms with van der Waals surface area (Å²) in [7, 11) is 0. The molecule has 2 amide bonds. The lowest BCUT2D eigenvalue weighted by Crippen LogP contribution is -2.44. The fraction of sp³-hybridized carbons (Fsp3) is 0.167. The highest BCUT2D eigenvalue weighted by Gasteiger charge is 2.10. The molecule has 0 radical (unpaired) electrons. The van der Waals surface area contributed by atoms with E-state index in [1.807, 2.05) is 54.1 Å². The Morgan fingerprint density at radius 3 is 2.54 bits per heavy atom. The van der Waals surface area contributed by atoms with Crippen LogP contribution in [0.2, 0.25) is 0 Å². The predicted octanol–water partition coefficient (Wildman–Crippen LogP) is 2.98. The Bertz CT molecular complexity index is 873. The van der Waals surface area contributed by atoms with Crippen LogP contribution in [0.5, 0.6) is 0 Å². The van der Waals surface area contributed by atoms with Crippen molar-refractivity contribution in [2.24, 2.45) is 0 Å². The van der Waals surface area contributed by atoms with Gasteiger partial charge in [0.2, 0.25) is 5.91 Å². The third kappa shape index (κ3) is 5.14. The highest BCUT2D eigenvalue weighted by atomic mass is 32.1. The molecule has 0 spiro atoms. The lowest BCUT2D eigenvalue weighted by Gasteiger charge is -2.08. The van der Waals surface area contributed by atoms with Crippen LogP contribution in [0.25, 0.3) is 9.88 Å². The van der Waals surface area contributed by atoms with Crippen molar-refractivity contribution >= 4 is 40.2 Å². The van der Waals surface area contributed by atoms with E-state index >= 15 is 0 Å². The average Bonchev–Trinajstić information content (AvgIpc) is 3.31. The van der Waals surface area contributed by atoms with Crippen LogP contribution in [0.3, 0.4) is 0 Å². The summed E-state index contributed by atoms with van der Waals surface area (Å²) in [5.74, 6) is -0.631. The minimum Gasteiger partial charge on any atom is -0.376 e. The number of thiophene rings is 1. The second kappa shape index (κ2) is 8.59. The van der Waals surface area contributed by atoms with Crippen LogP contribution in [0.15, 0.2) is 47.2 Å². The molecule has 2 aromatic heterocycles. The van der Waals surface area contributed by atoms with E-state index in [0.29, 0.717) is 5.69 Å². The number of carbonyl (C=O) groups excluding carboxylic acids is 2. The number of hydrazine groups is 1. The maximum atomic E-state index is 11.9. The number of thiazole rings is 1. The molecule has 0 aliphatic rings. The van der Waals surface area contributed by atoms with Crippen LogP contribution in [0.4, 0.5) is 5.69 Å². The van der Waals surface area contributed by atoms with E-state index in [-0.39, 0.29) is 24.8 Å². The summed E-state index contributed by atoms with van der Waals surface area (Å²) in [6, 6.07) is 11.7. The monoisotopic (exact) mass is 386 g/mol. The molecule has 26 heavy (non-hydrogen) atoms. The SMILES string of the molecule is Cc1ccc(NCC(=O)NNC(=O)Cc2csc(-c3cccs3)n2)cc1. The van der Waals surface area contributed by atoms with Gasteiger partial charge in [-0.15, -0.1) is 22.7 Å². The van der Waals surface area contributed by atoms with Crippen LogP contribution in [-0.2, 0) is 16.0 Å². The van der Waals surface area contributed by atoms with Crippen LogP contribution in [0.1, 0.15) is 11.3 Å². The quantitative estimate of drug-likeness (QED) is 0.569. The lowest BCUT2D eigenvalue weighted by atomic mass is 10.2. The van der Waals surface area contributed by atoms with Crippen molar-refractivity contribution in [2.45, 2.75) is 13.3 Å². The second-order valence-corrected chi connectivity index (χ2v) is 7.42. The maximum absolute atomic E-state index is 11.9. The number of anilines is 1. The number of rotatable bonds is 6. The van der Waals surface area contributed by atoms with Gasteiger partial charge in [0.1, 0.15) is 5.01 Å². The smallest absolute Gasteiger partial charge is 0.257 e. The van der Waals surface area contributed by atoms with Crippen LogP contribution in [-0.4, -0.2) is 23.3 Å². The molecular formula is C18H18N4O2S2. The van der Waals surface area contributed by atoms with Gasteiger partial charge in [-0.3, -0.25) is 20.4 Å². The number of nitrogens with zero attached hydrogens (tertiary/aromatic N) is 1. The third-order valence-electron chi connectivity index (χ3n) is 3.47. The molecule has 2 heterocycles. The minimum atomic E-state index is -0.323. The summed E-state index contributed by atoms with van der Waals surface area (Å²) in [6.07, 6.45) is 0.119. The van der Waals surface area contributed by atoms with Crippen LogP contribution < -0.4 is 16.2 Å². The van der Waals surface area contributed by atoms with Crippen molar-refractivity contribution in [1.82, 2.24) is 15.8 Å². The summed E-state index contributed by atoms with van der Waals surface area (Å²) in [5.41, 5.74) is 7.49. The summed E-state index contributed by atoms with van der Waals surface area (Å²) in [5, 5.41) is 7.73. The number of benzene rings is 1. The lowest BCUT2D eigenvalue weighted by molar-refractivity contribution is -0.127. The average molecular weight is 387 g/mol. The Morgan fingerprint density at radius 1 is 1.04 bits per heavy atom. The van der Waals surface area contributed by atoms with E-state index in [4.69, 9.17) is 0 Å². The number of amides is 2. The molecule has 3 rings (SSSR count). The molecule has 3 N–H and O–H groups in total. The topological polar surface area (TPSA) is 83.1 Å². The van der Waals surface area contributed by atoms with E-state index in [1.165, 1.54) is 11.3 Å². The van der Waals surface area contributed by atoms with Gasteiger partial charge in [-0.2, -0.15) is 0 Å². The van der Waals surface area contributed by atoms with Gasteiger partial charge in [-0.05, 0) is 30.5 Å². The molecule has 8 heteroatoms. The Balaban J connectivity index is 1.41. The molecule has 0 unspecified atom stereocenters. The van der Waals surface area contributed by atoms with Gasteiger partial charge in [-0.25, -0.2) is 4.98 Å². The molecule has 0 saturated heterocycles. The summed E-state index contributed by atoms with van der Waals surface area (Å²) in [6.45, 7) is 2.07. The van der Waals surface area contributed by atoms with Gasteiger partial charge in [0.25, 0.3) is 5.91 Å². The molecule has 1 aromatic carbocycles. The fourth-order valence-electron chi connectivity index (χ4n) is 2.15. The van der Waals surface area contributed by atoms with E-state index in [0.717, 1.165) is 21.1 Å². The van der Waals surface area contributed by atoms with Gasteiger partial charge in [0.15, 0.2) is 0 Å². The van der Waals surface area contributed by atoms with E-state index in [1.54, 1.807) is 11.3 Å². The third-order valence-corrected chi connectivity index (χ3v) is 5.40. The van der Waals surface area contributed by atoms with Crippen molar-refractivity contribution in [3.05, 3.63) is 58.4 Å². The summed E-state index contributed by atoms with van der Waals surface area (Å²) >= 11 is 3.11. The summed E-state index contributed by atoms with van der Waals surface area (Å²) < 4.78 is 0. The van der Waals surface area contributed by atoms with Crippen molar-refractivity contribution in [1.29, 1.82) is 0 Å². The first-order valence-electron chi connectivity index (χ1n) is 7.96. The Morgan fingerprint density at radius 2 is 1.81 bits per heavy atom. The Labute approximate surface area is 159 Å². The van der Waals surface area contributed by atoms with Gasteiger partial charge in [-0.1, -0.05) is 23.8 Å². The molecule has 0 saturated carbocycles. The van der Waals surface area contributed by atoms with Crippen molar-refractivity contribution in [2.75, 3.05) is 11.9 Å². The first kappa shape index (κ1) is 18.1. The first-order chi connectivity index (χ1) is 12.6. The Kier molecular flexibility index (Phi) is 5.98. The zero-order valence-electron chi connectivity index (χ0n) is 14.1. The van der Waals surface area contributed by atoms with Crippen LogP contribution >= 0.6 is 22.7 Å². The fourth-order valence-corrected chi connectivity index (χ4v) is 3.78. The first-order valence-corrected chi connectivity index (χ1v) is 9.72. The summed E-state index contributed by atoms with van der Waals surface area (Å²) in [4.78, 5) is 29.3. The molecule has 6 nitrogen and oxygen atoms in total. The van der Waals surface area contributed by atoms with E-state index in [9.17, 15) is 9.59 Å². The number of nitrogens with one attached hydrogen (secondary N) is 3. The minimum absolute atomic E-state index is 0.0720. The largest absolute Gasteiger partial charge is 0.376 e. The Hall–Kier alpha value is -2.71. The van der Waals surface area contributed by atoms with Gasteiger partial charge >= 0.3 is 0 Å². The zero-order valence-corrected chi connectivity index (χ0v) is 15.7. The highest BCUT2D eigenvalue weighted by Crippen LogP contribution is 2.27. The number of hydrogen-bond acceptors (Lipinski definition) is 6. The standard InChI is InChI=1S/C18H18N4O2S2/c1-12-4-6-13(7-5-12)19-10-17(24)22-21-16(23)9-14-11-26-18(20-14)15-3-2-8-25-15/h2-8,11,19H,9-10H2,1H3,(H,21,23)(H,22,24). The molecule has 0 aliphatic carbocycles. The van der Waals surface area contributed by atoms with E-state index < -0.39 is 0 Å². The van der Waals surface area contributed by atoms with E-state index in [2.05, 4.69) is 21.2 Å². The highest BCUT2D eigenvalue weighted by molar-refractivity contribution is 7.20. The zero-order chi connectivity index (χ0) is 18.4. The molecule has 3 aromatic rings. The van der Waals surface area contributed by atoms with Gasteiger partial charge in [0.05, 0.1) is 23.5 Å². The molecule has 0 fully saturated rings. The predicted molar refractivity (Wildman–Crippen MR) is 105 cm³/mol. The van der Waals surface area contributed by atoms with Crippen LogP contribution in [0, 0.1) is 6.92 Å². The van der Waals surface area contributed by atoms with Crippen molar-refractivity contribution in [3.8, 4) is 9.88 Å². The van der Waals surface area contributed by atoms with Crippen molar-refractivity contribution < 1.29 is 9.59 Å². The maximum Gasteiger partial charge on any atom is 0.257 e. The van der Waals surface area contributed by atoms with Gasteiger partial charge < -0.3 is 5.32 Å². The van der Waals surface area contributed by atoms with Crippen molar-refractivity contribution in [3.63, 3.8) is 0 Å². The second-order valence-electron chi connectivity index (χ2n) is 5.61. The molecule has 134 valence electrons. The molecule has 0 aliphatic heterocycles. The normalized spacial score (nSPS) is 10.3. The number of carbonyl (C=O) groups is 2. The molecular weight excluding hydrogens is 368 g/mol.